The Morgan fingerprint density at radius 2 is 2.07 bits per heavy atom. The van der Waals surface area contributed by atoms with Gasteiger partial charge in [-0.25, -0.2) is 14.4 Å². The minimum absolute atomic E-state index is 0.0545. The molecule has 1 aliphatic carbocycles. The molecular formula is C22H24FN5. The SMILES string of the molecule is Nc1ncnc2c1ccn2[C@@H]1C=C(CCc2ccc(F)c3c2CNCC3)CC1. The lowest BCUT2D eigenvalue weighted by Gasteiger charge is -2.21. The fourth-order valence-corrected chi connectivity index (χ4v) is 4.62. The molecule has 0 spiro atoms. The number of nitrogens with two attached hydrogens (primary N) is 1. The van der Waals surface area contributed by atoms with Crippen molar-refractivity contribution in [3.63, 3.8) is 0 Å². The smallest absolute Gasteiger partial charge is 0.146 e. The first-order chi connectivity index (χ1) is 13.7. The second kappa shape index (κ2) is 7.02. The molecule has 5 nitrogen and oxygen atoms in total. The first-order valence-electron chi connectivity index (χ1n) is 9.97. The molecule has 0 bridgehead atoms. The lowest BCUT2D eigenvalue weighted by molar-refractivity contribution is 0.565. The Kier molecular flexibility index (Phi) is 4.36. The first kappa shape index (κ1) is 17.4. The molecule has 0 saturated heterocycles. The molecule has 1 aromatic carbocycles. The third kappa shape index (κ3) is 2.98. The molecule has 0 radical (unpaired) electrons. The van der Waals surface area contributed by atoms with Crippen molar-refractivity contribution in [2.75, 3.05) is 12.3 Å². The number of aromatic nitrogens is 3. The molecule has 0 unspecified atom stereocenters. The highest BCUT2D eigenvalue weighted by atomic mass is 19.1. The van der Waals surface area contributed by atoms with Gasteiger partial charge in [0.05, 0.1) is 11.4 Å². The highest BCUT2D eigenvalue weighted by molar-refractivity contribution is 5.86. The summed E-state index contributed by atoms with van der Waals surface area (Å²) in [4.78, 5) is 8.49. The molecule has 28 heavy (non-hydrogen) atoms. The average Bonchev–Trinajstić information content (AvgIpc) is 3.35. The average molecular weight is 377 g/mol. The standard InChI is InChI=1S/C22H24FN5/c23-20-6-4-15(19-12-25-9-7-17(19)20)3-1-14-2-5-16(11-14)28-10-8-18-21(24)26-13-27-22(18)28/h4,6,8,10-11,13,16,25H,1-3,5,7,9,12H2,(H2,24,26,27)/t16-/m0/s1. The van der Waals surface area contributed by atoms with Crippen LogP contribution in [0.4, 0.5) is 10.2 Å². The van der Waals surface area contributed by atoms with Gasteiger partial charge in [0.1, 0.15) is 23.6 Å². The monoisotopic (exact) mass is 377 g/mol. The van der Waals surface area contributed by atoms with E-state index in [-0.39, 0.29) is 5.82 Å². The molecule has 0 amide bonds. The second-order valence-electron chi connectivity index (χ2n) is 7.74. The number of nitrogens with zero attached hydrogens (tertiary/aromatic N) is 3. The van der Waals surface area contributed by atoms with Crippen LogP contribution in [-0.4, -0.2) is 21.1 Å². The number of anilines is 1. The number of benzene rings is 1. The predicted octanol–water partition coefficient (Wildman–Crippen LogP) is 3.69. The van der Waals surface area contributed by atoms with E-state index in [0.717, 1.165) is 61.8 Å². The molecule has 3 aromatic rings. The summed E-state index contributed by atoms with van der Waals surface area (Å²) in [6.45, 7) is 1.64. The highest BCUT2D eigenvalue weighted by Gasteiger charge is 2.21. The molecule has 0 fully saturated rings. The van der Waals surface area contributed by atoms with E-state index in [0.29, 0.717) is 11.9 Å². The molecule has 144 valence electrons. The number of halogens is 1. The van der Waals surface area contributed by atoms with Crippen LogP contribution in [0.2, 0.25) is 0 Å². The Hall–Kier alpha value is -2.73. The zero-order chi connectivity index (χ0) is 19.1. The van der Waals surface area contributed by atoms with Crippen molar-refractivity contribution in [2.24, 2.45) is 0 Å². The summed E-state index contributed by atoms with van der Waals surface area (Å²) < 4.78 is 16.3. The van der Waals surface area contributed by atoms with Gasteiger partial charge in [-0.2, -0.15) is 0 Å². The van der Waals surface area contributed by atoms with E-state index in [9.17, 15) is 4.39 Å². The van der Waals surface area contributed by atoms with E-state index in [1.54, 1.807) is 6.07 Å². The van der Waals surface area contributed by atoms with E-state index in [2.05, 4.69) is 32.1 Å². The molecular weight excluding hydrogens is 353 g/mol. The Morgan fingerprint density at radius 1 is 1.14 bits per heavy atom. The Balaban J connectivity index is 1.34. The van der Waals surface area contributed by atoms with Crippen LogP contribution in [0.5, 0.6) is 0 Å². The predicted molar refractivity (Wildman–Crippen MR) is 108 cm³/mol. The van der Waals surface area contributed by atoms with Gasteiger partial charge in [-0.15, -0.1) is 0 Å². The van der Waals surface area contributed by atoms with Crippen molar-refractivity contribution in [3.05, 3.63) is 64.9 Å². The Bertz CT molecular complexity index is 1070. The van der Waals surface area contributed by atoms with E-state index in [1.165, 1.54) is 23.0 Å². The zero-order valence-corrected chi connectivity index (χ0v) is 15.8. The quantitative estimate of drug-likeness (QED) is 0.681. The molecule has 3 N–H and O–H groups in total. The van der Waals surface area contributed by atoms with Gasteiger partial charge in [0, 0.05) is 12.7 Å². The maximum atomic E-state index is 14.1. The lowest BCUT2D eigenvalue weighted by Crippen LogP contribution is -2.25. The number of allylic oxidation sites excluding steroid dienone is 2. The number of rotatable bonds is 4. The van der Waals surface area contributed by atoms with E-state index >= 15 is 0 Å². The largest absolute Gasteiger partial charge is 0.383 e. The number of hydrogen-bond donors (Lipinski definition) is 2. The minimum Gasteiger partial charge on any atom is -0.383 e. The molecule has 6 heteroatoms. The maximum absolute atomic E-state index is 14.1. The summed E-state index contributed by atoms with van der Waals surface area (Å²) >= 11 is 0. The van der Waals surface area contributed by atoms with Crippen LogP contribution < -0.4 is 11.1 Å². The maximum Gasteiger partial charge on any atom is 0.146 e. The van der Waals surface area contributed by atoms with E-state index in [4.69, 9.17) is 5.73 Å². The number of nitrogens with one attached hydrogen (secondary N) is 1. The Labute approximate surface area is 163 Å². The van der Waals surface area contributed by atoms with Gasteiger partial charge < -0.3 is 15.6 Å². The van der Waals surface area contributed by atoms with Gasteiger partial charge >= 0.3 is 0 Å². The molecule has 1 atom stereocenters. The zero-order valence-electron chi connectivity index (χ0n) is 15.8. The van der Waals surface area contributed by atoms with Gasteiger partial charge in [-0.3, -0.25) is 0 Å². The number of fused-ring (bicyclic) bond motifs is 2. The van der Waals surface area contributed by atoms with E-state index < -0.39 is 0 Å². The summed E-state index contributed by atoms with van der Waals surface area (Å²) in [5.74, 6) is 0.474. The van der Waals surface area contributed by atoms with Crippen LogP contribution in [0.25, 0.3) is 11.0 Å². The number of aryl methyl sites for hydroxylation is 1. The van der Waals surface area contributed by atoms with Crippen LogP contribution in [-0.2, 0) is 19.4 Å². The van der Waals surface area contributed by atoms with Crippen molar-refractivity contribution in [1.29, 1.82) is 0 Å². The van der Waals surface area contributed by atoms with Crippen molar-refractivity contribution in [1.82, 2.24) is 19.9 Å². The van der Waals surface area contributed by atoms with E-state index in [1.807, 2.05) is 12.1 Å². The fraction of sp³-hybridized carbons (Fsp3) is 0.364. The molecule has 1 aliphatic heterocycles. The molecule has 3 heterocycles. The minimum atomic E-state index is -0.0545. The van der Waals surface area contributed by atoms with Crippen molar-refractivity contribution >= 4 is 16.9 Å². The third-order valence-corrected chi connectivity index (χ3v) is 6.13. The number of hydrogen-bond acceptors (Lipinski definition) is 4. The normalized spacial score (nSPS) is 19.0. The number of nitrogen functional groups attached to an aromatic ring is 1. The van der Waals surface area contributed by atoms with Crippen molar-refractivity contribution < 1.29 is 4.39 Å². The van der Waals surface area contributed by atoms with Crippen LogP contribution in [0.15, 0.2) is 42.4 Å². The van der Waals surface area contributed by atoms with Crippen LogP contribution in [0.3, 0.4) is 0 Å². The topological polar surface area (TPSA) is 68.8 Å². The summed E-state index contributed by atoms with van der Waals surface area (Å²) in [6.07, 6.45) is 10.9. The van der Waals surface area contributed by atoms with Crippen LogP contribution >= 0.6 is 0 Å². The fourth-order valence-electron chi connectivity index (χ4n) is 4.62. The summed E-state index contributed by atoms with van der Waals surface area (Å²) in [7, 11) is 0. The van der Waals surface area contributed by atoms with Gasteiger partial charge in [-0.1, -0.05) is 17.7 Å². The van der Waals surface area contributed by atoms with Gasteiger partial charge in [0.15, 0.2) is 0 Å². The molecule has 5 rings (SSSR count). The molecule has 2 aliphatic rings. The molecule has 2 aromatic heterocycles. The van der Waals surface area contributed by atoms with Crippen molar-refractivity contribution in [2.45, 2.75) is 44.7 Å². The summed E-state index contributed by atoms with van der Waals surface area (Å²) in [6, 6.07) is 5.91. The lowest BCUT2D eigenvalue weighted by atomic mass is 9.92. The Morgan fingerprint density at radius 3 is 3.00 bits per heavy atom. The second-order valence-corrected chi connectivity index (χ2v) is 7.74. The highest BCUT2D eigenvalue weighted by Crippen LogP contribution is 2.34. The first-order valence-corrected chi connectivity index (χ1v) is 9.97. The summed E-state index contributed by atoms with van der Waals surface area (Å²) in [5.41, 5.74) is 11.7. The third-order valence-electron chi connectivity index (χ3n) is 6.13. The van der Waals surface area contributed by atoms with Gasteiger partial charge in [-0.05, 0) is 67.5 Å². The summed E-state index contributed by atoms with van der Waals surface area (Å²) in [5, 5.41) is 4.29. The molecule has 0 saturated carbocycles. The van der Waals surface area contributed by atoms with Crippen molar-refractivity contribution in [3.8, 4) is 0 Å². The van der Waals surface area contributed by atoms with Crippen LogP contribution in [0, 0.1) is 5.82 Å². The van der Waals surface area contributed by atoms with Gasteiger partial charge in [0.25, 0.3) is 0 Å². The van der Waals surface area contributed by atoms with Crippen LogP contribution in [0.1, 0.15) is 42.0 Å². The van der Waals surface area contributed by atoms with Gasteiger partial charge in [0.2, 0.25) is 0 Å².